The van der Waals surface area contributed by atoms with Crippen LogP contribution >= 0.6 is 0 Å². The van der Waals surface area contributed by atoms with Gasteiger partial charge in [0, 0.05) is 79.7 Å². The highest BCUT2D eigenvalue weighted by atomic mass is 28.4. The van der Waals surface area contributed by atoms with Crippen LogP contribution < -0.4 is 5.32 Å². The number of nitrogens with one attached hydrogen (secondary N) is 1. The van der Waals surface area contributed by atoms with Crippen LogP contribution in [0.1, 0.15) is 128 Å². The third-order valence-electron chi connectivity index (χ3n) is 8.73. The molecule has 0 aromatic carbocycles. The van der Waals surface area contributed by atoms with Crippen LogP contribution in [0.5, 0.6) is 0 Å². The Labute approximate surface area is 286 Å². The van der Waals surface area contributed by atoms with Gasteiger partial charge in [-0.1, -0.05) is 79.1 Å². The predicted molar refractivity (Wildman–Crippen MR) is 190 cm³/mol. The van der Waals surface area contributed by atoms with E-state index in [1.807, 2.05) is 9.36 Å². The SMILES string of the molecule is CO[Si](CCCCCCCCn1nc(Nc2nc(C(C)C)n(CCCCCCCC[Si](OC)(OC)OC)n2)nc1C(C)C)(OC)OC. The normalized spacial score (nSPS) is 12.6. The zero-order chi connectivity index (χ0) is 34.7. The molecule has 2 heterocycles. The summed E-state index contributed by atoms with van der Waals surface area (Å²) >= 11 is 0. The Hall–Kier alpha value is -1.73. The topological polar surface area (TPSA) is 129 Å². The van der Waals surface area contributed by atoms with Gasteiger partial charge < -0.3 is 26.6 Å². The fraction of sp³-hybridized carbons (Fsp3) is 0.875. The lowest BCUT2D eigenvalue weighted by molar-refractivity contribution is 0.122. The summed E-state index contributed by atoms with van der Waals surface area (Å²) in [7, 11) is 5.15. The molecule has 0 aliphatic heterocycles. The molecule has 0 bridgehead atoms. The predicted octanol–water partition coefficient (Wildman–Crippen LogP) is 7.30. The van der Waals surface area contributed by atoms with Crippen molar-refractivity contribution in [1.29, 1.82) is 0 Å². The van der Waals surface area contributed by atoms with Gasteiger partial charge in [0.1, 0.15) is 11.6 Å². The fourth-order valence-corrected chi connectivity index (χ4v) is 9.42. The number of anilines is 2. The van der Waals surface area contributed by atoms with Crippen molar-refractivity contribution in [2.75, 3.05) is 48.0 Å². The van der Waals surface area contributed by atoms with E-state index in [0.29, 0.717) is 11.9 Å². The minimum atomic E-state index is -2.45. The smallest absolute Gasteiger partial charge is 0.377 e. The maximum absolute atomic E-state index is 5.52. The van der Waals surface area contributed by atoms with E-state index in [2.05, 4.69) is 33.0 Å². The molecule has 1 N–H and O–H groups in total. The van der Waals surface area contributed by atoms with Gasteiger partial charge in [0.25, 0.3) is 0 Å². The van der Waals surface area contributed by atoms with Gasteiger partial charge in [-0.15, -0.1) is 10.2 Å². The summed E-state index contributed by atoms with van der Waals surface area (Å²) in [5, 5.41) is 12.9. The van der Waals surface area contributed by atoms with E-state index in [4.69, 9.17) is 46.7 Å². The van der Waals surface area contributed by atoms with Crippen LogP contribution in [0.15, 0.2) is 0 Å². The molecule has 0 saturated heterocycles. The summed E-state index contributed by atoms with van der Waals surface area (Å²) in [6.45, 7) is 10.3. The molecule has 0 unspecified atom stereocenters. The number of hydrogen-bond acceptors (Lipinski definition) is 11. The van der Waals surface area contributed by atoms with E-state index in [9.17, 15) is 0 Å². The molecule has 0 spiro atoms. The van der Waals surface area contributed by atoms with E-state index < -0.39 is 17.6 Å². The molecule has 2 aromatic rings. The fourth-order valence-electron chi connectivity index (χ4n) is 5.83. The van der Waals surface area contributed by atoms with Gasteiger partial charge in [0.05, 0.1) is 0 Å². The lowest BCUT2D eigenvalue weighted by Crippen LogP contribution is -2.42. The summed E-state index contributed by atoms with van der Waals surface area (Å²) in [6.07, 6.45) is 13.6. The van der Waals surface area contributed by atoms with Gasteiger partial charge in [-0.3, -0.25) is 5.32 Å². The van der Waals surface area contributed by atoms with Crippen LogP contribution in [0.2, 0.25) is 12.1 Å². The largest absolute Gasteiger partial charge is 0.500 e. The second kappa shape index (κ2) is 22.1. The van der Waals surface area contributed by atoms with Crippen molar-refractivity contribution in [3.63, 3.8) is 0 Å². The number of aryl methyl sites for hydroxylation is 2. The third-order valence-corrected chi connectivity index (χ3v) is 14.4. The van der Waals surface area contributed by atoms with Crippen LogP contribution in [-0.4, -0.2) is 89.8 Å². The van der Waals surface area contributed by atoms with E-state index in [1.165, 1.54) is 25.7 Å². The Balaban J connectivity index is 1.80. The molecule has 272 valence electrons. The summed E-state index contributed by atoms with van der Waals surface area (Å²) in [5.41, 5.74) is 0. The highest BCUT2D eigenvalue weighted by molar-refractivity contribution is 6.60. The quantitative estimate of drug-likeness (QED) is 0.0710. The zero-order valence-electron chi connectivity index (χ0n) is 31.1. The molecule has 0 radical (unpaired) electrons. The minimum Gasteiger partial charge on any atom is -0.377 e. The first-order valence-electron chi connectivity index (χ1n) is 17.6. The molecular weight excluding hydrogens is 635 g/mol. The Morgan fingerprint density at radius 3 is 1.09 bits per heavy atom. The number of rotatable bonds is 28. The number of unbranched alkanes of at least 4 members (excludes halogenated alkanes) is 10. The van der Waals surface area contributed by atoms with E-state index in [1.54, 1.807) is 42.7 Å². The lowest BCUT2D eigenvalue weighted by atomic mass is 10.1. The van der Waals surface area contributed by atoms with Gasteiger partial charge in [-0.05, 0) is 25.7 Å². The van der Waals surface area contributed by atoms with E-state index in [0.717, 1.165) is 88.2 Å². The molecule has 0 aliphatic rings. The van der Waals surface area contributed by atoms with E-state index >= 15 is 0 Å². The molecule has 2 aromatic heterocycles. The standard InChI is InChI=1S/C32H65N7O6Si2/c1-27(2)29-33-31(36-38(29)23-19-15-11-13-17-21-25-46(40-5,41-6)42-7)35-32-34-30(28(3)4)39(37-32)24-20-16-12-14-18-22-26-47(43-8,44-9)45-10/h27-28H,11-26H2,1-10H3,(H,35,36,37). The highest BCUT2D eigenvalue weighted by Crippen LogP contribution is 2.22. The Morgan fingerprint density at radius 1 is 0.489 bits per heavy atom. The van der Waals surface area contributed by atoms with Crippen LogP contribution in [0.4, 0.5) is 11.9 Å². The van der Waals surface area contributed by atoms with Crippen molar-refractivity contribution < 1.29 is 26.6 Å². The first-order valence-corrected chi connectivity index (χ1v) is 21.5. The van der Waals surface area contributed by atoms with Crippen LogP contribution in [0.25, 0.3) is 0 Å². The minimum absolute atomic E-state index is 0.270. The van der Waals surface area contributed by atoms with Crippen molar-refractivity contribution in [3.05, 3.63) is 11.6 Å². The highest BCUT2D eigenvalue weighted by Gasteiger charge is 2.37. The Bertz CT molecular complexity index is 1010. The third kappa shape index (κ3) is 13.6. The van der Waals surface area contributed by atoms with Gasteiger partial charge in [-0.2, -0.15) is 9.97 Å². The molecule has 47 heavy (non-hydrogen) atoms. The summed E-state index contributed by atoms with van der Waals surface area (Å²) < 4.78 is 37.2. The van der Waals surface area contributed by atoms with Crippen molar-refractivity contribution >= 4 is 29.5 Å². The lowest BCUT2D eigenvalue weighted by Gasteiger charge is -2.24. The number of nitrogens with zero attached hydrogens (tertiary/aromatic N) is 6. The molecule has 13 nitrogen and oxygen atoms in total. The van der Waals surface area contributed by atoms with Crippen LogP contribution in [0, 0.1) is 0 Å². The molecule has 0 saturated carbocycles. The number of aromatic nitrogens is 6. The average molecular weight is 700 g/mol. The number of hydrogen-bond donors (Lipinski definition) is 1. The second-order valence-corrected chi connectivity index (χ2v) is 19.0. The summed E-state index contributed by atoms with van der Waals surface area (Å²) in [5.74, 6) is 3.63. The van der Waals surface area contributed by atoms with Crippen molar-refractivity contribution in [1.82, 2.24) is 29.5 Å². The second-order valence-electron chi connectivity index (χ2n) is 12.8. The van der Waals surface area contributed by atoms with Gasteiger partial charge in [0.2, 0.25) is 11.9 Å². The summed E-state index contributed by atoms with van der Waals surface area (Å²) in [4.78, 5) is 9.63. The van der Waals surface area contributed by atoms with Gasteiger partial charge >= 0.3 is 17.6 Å². The van der Waals surface area contributed by atoms with Gasteiger partial charge in [-0.25, -0.2) is 9.36 Å². The van der Waals surface area contributed by atoms with Crippen molar-refractivity contribution in [2.45, 2.75) is 142 Å². The van der Waals surface area contributed by atoms with Crippen LogP contribution in [0.3, 0.4) is 0 Å². The molecule has 15 heteroatoms. The maximum atomic E-state index is 5.52. The average Bonchev–Trinajstić information content (AvgIpc) is 3.68. The Morgan fingerprint density at radius 2 is 0.787 bits per heavy atom. The molecule has 0 atom stereocenters. The van der Waals surface area contributed by atoms with Gasteiger partial charge in [0.15, 0.2) is 0 Å². The monoisotopic (exact) mass is 699 g/mol. The van der Waals surface area contributed by atoms with E-state index in [-0.39, 0.29) is 11.8 Å². The Kier molecular flexibility index (Phi) is 19.5. The molecule has 0 amide bonds. The first-order chi connectivity index (χ1) is 22.6. The molecule has 0 fully saturated rings. The first kappa shape index (κ1) is 41.4. The van der Waals surface area contributed by atoms with Crippen molar-refractivity contribution in [2.24, 2.45) is 0 Å². The molecule has 2 rings (SSSR count). The summed E-state index contributed by atoms with van der Waals surface area (Å²) in [6, 6.07) is 1.72. The zero-order valence-corrected chi connectivity index (χ0v) is 33.1. The molecular formula is C32H65N7O6Si2. The molecule has 0 aliphatic carbocycles. The maximum Gasteiger partial charge on any atom is 0.500 e. The van der Waals surface area contributed by atoms with Crippen molar-refractivity contribution in [3.8, 4) is 0 Å². The van der Waals surface area contributed by atoms with Crippen LogP contribution in [-0.2, 0) is 39.6 Å².